The van der Waals surface area contributed by atoms with Gasteiger partial charge >= 0.3 is 0 Å². The molecule has 166 valence electrons. The molecule has 8 nitrogen and oxygen atoms in total. The van der Waals surface area contributed by atoms with Crippen molar-refractivity contribution in [1.29, 1.82) is 0 Å². The highest BCUT2D eigenvalue weighted by atomic mass is 127. The van der Waals surface area contributed by atoms with Crippen LogP contribution in [0.3, 0.4) is 0 Å². The highest BCUT2D eigenvalue weighted by Crippen LogP contribution is 2.21. The number of hydrogen-bond donors (Lipinski definition) is 1. The summed E-state index contributed by atoms with van der Waals surface area (Å²) in [5.74, 6) is 0.995. The van der Waals surface area contributed by atoms with Crippen LogP contribution in [0.4, 0.5) is 0 Å². The maximum absolute atomic E-state index is 12.3. The summed E-state index contributed by atoms with van der Waals surface area (Å²) in [4.78, 5) is 6.49. The number of sulfone groups is 1. The van der Waals surface area contributed by atoms with Crippen molar-refractivity contribution in [3.05, 3.63) is 53.9 Å². The van der Waals surface area contributed by atoms with Gasteiger partial charge in [-0.15, -0.1) is 24.0 Å². The molecule has 0 radical (unpaired) electrons. The van der Waals surface area contributed by atoms with Gasteiger partial charge in [-0.3, -0.25) is 9.67 Å². The summed E-state index contributed by atoms with van der Waals surface area (Å²) < 4.78 is 32.3. The molecule has 30 heavy (non-hydrogen) atoms. The van der Waals surface area contributed by atoms with E-state index < -0.39 is 9.84 Å². The first-order chi connectivity index (χ1) is 14.0. The minimum absolute atomic E-state index is 0. The summed E-state index contributed by atoms with van der Waals surface area (Å²) in [7, 11) is 0.495. The second-order valence-electron chi connectivity index (χ2n) is 7.16. The molecule has 10 heteroatoms. The van der Waals surface area contributed by atoms with Crippen LogP contribution in [-0.4, -0.2) is 68.1 Å². The van der Waals surface area contributed by atoms with Gasteiger partial charge in [0.1, 0.15) is 6.10 Å². The molecule has 1 aliphatic rings. The van der Waals surface area contributed by atoms with Gasteiger partial charge in [-0.05, 0) is 12.0 Å². The molecule has 1 aromatic heterocycles. The fourth-order valence-corrected chi connectivity index (χ4v) is 4.80. The van der Waals surface area contributed by atoms with Crippen molar-refractivity contribution in [2.75, 3.05) is 39.0 Å². The topological polar surface area (TPSA) is 88.8 Å². The molecule has 0 aliphatic carbocycles. The number of hydrogen-bond acceptors (Lipinski definition) is 5. The molecule has 0 spiro atoms. The van der Waals surface area contributed by atoms with Gasteiger partial charge < -0.3 is 15.0 Å². The number of halogens is 1. The number of guanidine groups is 1. The van der Waals surface area contributed by atoms with Crippen molar-refractivity contribution in [3.63, 3.8) is 0 Å². The number of aryl methyl sites for hydroxylation is 1. The molecular weight excluding hydrogens is 517 g/mol. The lowest BCUT2D eigenvalue weighted by Crippen LogP contribution is -2.48. The molecule has 3 rings (SSSR count). The van der Waals surface area contributed by atoms with Crippen LogP contribution in [0.5, 0.6) is 0 Å². The van der Waals surface area contributed by atoms with Gasteiger partial charge in [0.2, 0.25) is 0 Å². The Bertz CT molecular complexity index is 918. The van der Waals surface area contributed by atoms with Crippen LogP contribution in [-0.2, 0) is 27.4 Å². The van der Waals surface area contributed by atoms with Gasteiger partial charge in [0.25, 0.3) is 0 Å². The van der Waals surface area contributed by atoms with E-state index in [0.717, 1.165) is 23.6 Å². The number of nitrogens with zero attached hydrogens (tertiary/aromatic N) is 4. The van der Waals surface area contributed by atoms with E-state index in [1.165, 1.54) is 0 Å². The normalized spacial score (nSPS) is 17.5. The smallest absolute Gasteiger partial charge is 0.193 e. The fraction of sp³-hybridized carbons (Fsp3) is 0.500. The molecule has 1 atom stereocenters. The molecular formula is C20H30IN5O3S. The first-order valence-electron chi connectivity index (χ1n) is 9.77. The fourth-order valence-electron chi connectivity index (χ4n) is 3.37. The zero-order valence-corrected chi connectivity index (χ0v) is 20.5. The van der Waals surface area contributed by atoms with Gasteiger partial charge in [0.15, 0.2) is 15.8 Å². The third-order valence-electron chi connectivity index (χ3n) is 4.82. The molecule has 1 N–H and O–H groups in total. The number of ether oxygens (including phenoxy) is 1. The Labute approximate surface area is 195 Å². The molecule has 1 fully saturated rings. The third-order valence-corrected chi connectivity index (χ3v) is 6.50. The van der Waals surface area contributed by atoms with Crippen LogP contribution < -0.4 is 5.32 Å². The average Bonchev–Trinajstić information content (AvgIpc) is 3.15. The minimum Gasteiger partial charge on any atom is -0.370 e. The maximum atomic E-state index is 12.3. The van der Waals surface area contributed by atoms with Gasteiger partial charge in [-0.2, -0.15) is 5.10 Å². The Morgan fingerprint density at radius 3 is 2.77 bits per heavy atom. The average molecular weight is 547 g/mol. The van der Waals surface area contributed by atoms with Gasteiger partial charge in [0.05, 0.1) is 30.9 Å². The number of morpholine rings is 1. The van der Waals surface area contributed by atoms with E-state index in [9.17, 15) is 8.42 Å². The van der Waals surface area contributed by atoms with E-state index in [4.69, 9.17) is 4.74 Å². The van der Waals surface area contributed by atoms with Crippen molar-refractivity contribution >= 4 is 39.8 Å². The lowest BCUT2D eigenvalue weighted by Gasteiger charge is -2.34. The SMILES string of the molecule is CN=C(NCCCS(=O)(=O)Cc1ccccc1)N1CCOC(c2cnn(C)c2)C1.I. The van der Waals surface area contributed by atoms with Crippen molar-refractivity contribution < 1.29 is 13.2 Å². The number of rotatable bonds is 7. The standard InChI is InChI=1S/C20H29N5O3S.HI/c1-21-20(25-10-11-28-19(15-25)18-13-23-24(2)14-18)22-9-6-12-29(26,27)16-17-7-4-3-5-8-17;/h3-5,7-8,13-14,19H,6,9-12,15-16H2,1-2H3,(H,21,22);1H. The highest BCUT2D eigenvalue weighted by molar-refractivity contribution is 14.0. The summed E-state index contributed by atoms with van der Waals surface area (Å²) in [5.41, 5.74) is 1.87. The Kier molecular flexibility index (Phi) is 9.56. The summed E-state index contributed by atoms with van der Waals surface area (Å²) in [6.07, 6.45) is 4.26. The van der Waals surface area contributed by atoms with Gasteiger partial charge in [-0.25, -0.2) is 8.42 Å². The second-order valence-corrected chi connectivity index (χ2v) is 9.34. The number of aliphatic imine (C=N–C) groups is 1. The molecule has 0 amide bonds. The molecule has 0 saturated carbocycles. The predicted octanol–water partition coefficient (Wildman–Crippen LogP) is 1.99. The largest absolute Gasteiger partial charge is 0.370 e. The van der Waals surface area contributed by atoms with E-state index >= 15 is 0 Å². The number of nitrogens with one attached hydrogen (secondary N) is 1. The van der Waals surface area contributed by atoms with Gasteiger partial charge in [0, 0.05) is 38.9 Å². The Hall–Kier alpha value is -1.66. The van der Waals surface area contributed by atoms with Gasteiger partial charge in [-0.1, -0.05) is 30.3 Å². The molecule has 2 heterocycles. The first kappa shape index (κ1) is 24.6. The molecule has 1 saturated heterocycles. The van der Waals surface area contributed by atoms with Crippen LogP contribution in [0.2, 0.25) is 0 Å². The third kappa shape index (κ3) is 7.24. The predicted molar refractivity (Wildman–Crippen MR) is 129 cm³/mol. The summed E-state index contributed by atoms with van der Waals surface area (Å²) >= 11 is 0. The van der Waals surface area contributed by atoms with E-state index in [-0.39, 0.29) is 41.6 Å². The molecule has 2 aromatic rings. The minimum atomic E-state index is -3.13. The quantitative estimate of drug-likeness (QED) is 0.247. The summed E-state index contributed by atoms with van der Waals surface area (Å²) in [6, 6.07) is 9.29. The zero-order chi connectivity index (χ0) is 20.7. The lowest BCUT2D eigenvalue weighted by atomic mass is 10.1. The Morgan fingerprint density at radius 2 is 2.10 bits per heavy atom. The van der Waals surface area contributed by atoms with Crippen LogP contribution in [0.1, 0.15) is 23.7 Å². The summed E-state index contributed by atoms with van der Waals surface area (Å²) in [5, 5.41) is 7.50. The monoisotopic (exact) mass is 547 g/mol. The van der Waals surface area contributed by atoms with E-state index in [2.05, 4.69) is 20.3 Å². The van der Waals surface area contributed by atoms with Crippen molar-refractivity contribution in [1.82, 2.24) is 20.0 Å². The van der Waals surface area contributed by atoms with Crippen LogP contribution in [0.15, 0.2) is 47.7 Å². The van der Waals surface area contributed by atoms with Crippen LogP contribution >= 0.6 is 24.0 Å². The molecule has 1 unspecified atom stereocenters. The maximum Gasteiger partial charge on any atom is 0.193 e. The van der Waals surface area contributed by atoms with Crippen molar-refractivity contribution in [3.8, 4) is 0 Å². The molecule has 1 aliphatic heterocycles. The number of aromatic nitrogens is 2. The Balaban J connectivity index is 0.00000320. The van der Waals surface area contributed by atoms with E-state index in [1.54, 1.807) is 11.7 Å². The van der Waals surface area contributed by atoms with Crippen LogP contribution in [0.25, 0.3) is 0 Å². The van der Waals surface area contributed by atoms with E-state index in [1.807, 2.05) is 49.8 Å². The molecule has 1 aromatic carbocycles. The number of benzene rings is 1. The second kappa shape index (κ2) is 11.7. The first-order valence-corrected chi connectivity index (χ1v) is 11.6. The van der Waals surface area contributed by atoms with Crippen molar-refractivity contribution in [2.45, 2.75) is 18.3 Å². The summed E-state index contributed by atoms with van der Waals surface area (Å²) in [6.45, 7) is 2.57. The van der Waals surface area contributed by atoms with Crippen LogP contribution in [0, 0.1) is 0 Å². The van der Waals surface area contributed by atoms with Crippen molar-refractivity contribution in [2.24, 2.45) is 12.0 Å². The zero-order valence-electron chi connectivity index (χ0n) is 17.4. The Morgan fingerprint density at radius 1 is 1.33 bits per heavy atom. The lowest BCUT2D eigenvalue weighted by molar-refractivity contribution is -0.00801. The highest BCUT2D eigenvalue weighted by Gasteiger charge is 2.25. The molecule has 0 bridgehead atoms. The van der Waals surface area contributed by atoms with E-state index in [0.29, 0.717) is 26.1 Å².